The monoisotopic (exact) mass is 330 g/mol. The molecule has 0 aliphatic heterocycles. The standard InChI is InChI=1S/C18H26N4O2/c1-13-17(14(2)22(3)21-13)9-10-19-18(24)20-12-16(23)11-15-7-5-4-6-8-15/h4-8,16,23H,9-12H2,1-3H3,(H2,19,20,24). The van der Waals surface area contributed by atoms with Gasteiger partial charge in [0.25, 0.3) is 0 Å². The van der Waals surface area contributed by atoms with Gasteiger partial charge in [0.2, 0.25) is 0 Å². The first-order valence-corrected chi connectivity index (χ1v) is 8.20. The molecule has 1 aromatic heterocycles. The van der Waals surface area contributed by atoms with Gasteiger partial charge >= 0.3 is 6.03 Å². The lowest BCUT2D eigenvalue weighted by atomic mass is 10.1. The second kappa shape index (κ2) is 8.49. The molecule has 0 aliphatic carbocycles. The predicted molar refractivity (Wildman–Crippen MR) is 93.9 cm³/mol. The third-order valence-corrected chi connectivity index (χ3v) is 4.13. The number of hydrogen-bond acceptors (Lipinski definition) is 3. The van der Waals surface area contributed by atoms with E-state index in [1.165, 1.54) is 5.56 Å². The van der Waals surface area contributed by atoms with E-state index in [1.807, 2.05) is 55.9 Å². The van der Waals surface area contributed by atoms with Crippen LogP contribution in [0.15, 0.2) is 30.3 Å². The summed E-state index contributed by atoms with van der Waals surface area (Å²) >= 11 is 0. The van der Waals surface area contributed by atoms with Crippen LogP contribution in [-0.2, 0) is 19.9 Å². The van der Waals surface area contributed by atoms with Crippen LogP contribution in [0.5, 0.6) is 0 Å². The Kier molecular flexibility index (Phi) is 6.37. The maximum Gasteiger partial charge on any atom is 0.314 e. The number of aromatic nitrogens is 2. The quantitative estimate of drug-likeness (QED) is 0.719. The van der Waals surface area contributed by atoms with Gasteiger partial charge < -0.3 is 15.7 Å². The van der Waals surface area contributed by atoms with E-state index >= 15 is 0 Å². The number of nitrogens with zero attached hydrogens (tertiary/aromatic N) is 2. The van der Waals surface area contributed by atoms with Crippen LogP contribution in [0.3, 0.4) is 0 Å². The van der Waals surface area contributed by atoms with E-state index in [9.17, 15) is 9.90 Å². The van der Waals surface area contributed by atoms with Gasteiger partial charge in [-0.2, -0.15) is 5.10 Å². The van der Waals surface area contributed by atoms with Gasteiger partial charge in [0.05, 0.1) is 11.8 Å². The van der Waals surface area contributed by atoms with E-state index in [4.69, 9.17) is 0 Å². The lowest BCUT2D eigenvalue weighted by Crippen LogP contribution is -2.41. The smallest absolute Gasteiger partial charge is 0.314 e. The minimum Gasteiger partial charge on any atom is -0.391 e. The first-order valence-electron chi connectivity index (χ1n) is 8.20. The van der Waals surface area contributed by atoms with E-state index in [0.29, 0.717) is 13.0 Å². The van der Waals surface area contributed by atoms with E-state index in [2.05, 4.69) is 15.7 Å². The Labute approximate surface area is 142 Å². The average molecular weight is 330 g/mol. The zero-order valence-corrected chi connectivity index (χ0v) is 14.5. The highest BCUT2D eigenvalue weighted by Crippen LogP contribution is 2.11. The first-order chi connectivity index (χ1) is 11.5. The van der Waals surface area contributed by atoms with Gasteiger partial charge in [-0.3, -0.25) is 4.68 Å². The molecule has 6 nitrogen and oxygen atoms in total. The second-order valence-electron chi connectivity index (χ2n) is 6.00. The van der Waals surface area contributed by atoms with Gasteiger partial charge in [-0.25, -0.2) is 4.79 Å². The maximum absolute atomic E-state index is 11.8. The lowest BCUT2D eigenvalue weighted by molar-refractivity contribution is 0.170. The van der Waals surface area contributed by atoms with Crippen LogP contribution in [0.25, 0.3) is 0 Å². The number of aryl methyl sites for hydroxylation is 2. The first kappa shape index (κ1) is 18.0. The zero-order valence-electron chi connectivity index (χ0n) is 14.5. The molecule has 0 aliphatic rings. The van der Waals surface area contributed by atoms with Crippen LogP contribution < -0.4 is 10.6 Å². The van der Waals surface area contributed by atoms with Crippen molar-refractivity contribution >= 4 is 6.03 Å². The fourth-order valence-electron chi connectivity index (χ4n) is 2.71. The van der Waals surface area contributed by atoms with Crippen molar-refractivity contribution < 1.29 is 9.90 Å². The molecular weight excluding hydrogens is 304 g/mol. The van der Waals surface area contributed by atoms with Gasteiger partial charge in [0.1, 0.15) is 0 Å². The summed E-state index contributed by atoms with van der Waals surface area (Å²) in [6.45, 7) is 4.76. The molecule has 0 spiro atoms. The van der Waals surface area contributed by atoms with Crippen molar-refractivity contribution in [1.82, 2.24) is 20.4 Å². The van der Waals surface area contributed by atoms with Crippen LogP contribution in [0.2, 0.25) is 0 Å². The number of carbonyl (C=O) groups excluding carboxylic acids is 1. The number of amides is 2. The van der Waals surface area contributed by atoms with Gasteiger partial charge in [-0.05, 0) is 31.4 Å². The molecule has 1 aromatic carbocycles. The molecule has 24 heavy (non-hydrogen) atoms. The topological polar surface area (TPSA) is 79.2 Å². The summed E-state index contributed by atoms with van der Waals surface area (Å²) in [4.78, 5) is 11.8. The molecule has 6 heteroatoms. The number of benzene rings is 1. The predicted octanol–water partition coefficient (Wildman–Crippen LogP) is 1.48. The van der Waals surface area contributed by atoms with Crippen LogP contribution in [0.1, 0.15) is 22.5 Å². The maximum atomic E-state index is 11.8. The Balaban J connectivity index is 1.68. The van der Waals surface area contributed by atoms with E-state index in [0.717, 1.165) is 23.4 Å². The summed E-state index contributed by atoms with van der Waals surface area (Å²) in [6.07, 6.45) is 0.668. The second-order valence-corrected chi connectivity index (χ2v) is 6.00. The molecule has 2 aromatic rings. The molecule has 0 saturated carbocycles. The van der Waals surface area contributed by atoms with Crippen molar-refractivity contribution in [2.24, 2.45) is 7.05 Å². The van der Waals surface area contributed by atoms with E-state index in [-0.39, 0.29) is 12.6 Å². The molecule has 2 rings (SSSR count). The van der Waals surface area contributed by atoms with Gasteiger partial charge in [-0.15, -0.1) is 0 Å². The molecular formula is C18H26N4O2. The number of aliphatic hydroxyl groups excluding tert-OH is 1. The number of nitrogens with one attached hydrogen (secondary N) is 2. The fourth-order valence-corrected chi connectivity index (χ4v) is 2.71. The van der Waals surface area contributed by atoms with Gasteiger partial charge in [0, 0.05) is 32.3 Å². The third kappa shape index (κ3) is 5.09. The molecule has 0 radical (unpaired) electrons. The SMILES string of the molecule is Cc1nn(C)c(C)c1CCNC(=O)NCC(O)Cc1ccccc1. The van der Waals surface area contributed by atoms with Crippen molar-refractivity contribution in [2.75, 3.05) is 13.1 Å². The van der Waals surface area contributed by atoms with E-state index in [1.54, 1.807) is 0 Å². The number of carbonyl (C=O) groups is 1. The van der Waals surface area contributed by atoms with Crippen molar-refractivity contribution in [3.63, 3.8) is 0 Å². The Morgan fingerprint density at radius 1 is 1.25 bits per heavy atom. The number of hydrogen-bond donors (Lipinski definition) is 3. The Bertz CT molecular complexity index is 667. The molecule has 0 saturated heterocycles. The number of urea groups is 1. The molecule has 1 unspecified atom stereocenters. The molecule has 0 fully saturated rings. The highest BCUT2D eigenvalue weighted by molar-refractivity contribution is 5.73. The molecule has 1 heterocycles. The van der Waals surface area contributed by atoms with Crippen LogP contribution in [0.4, 0.5) is 4.79 Å². The molecule has 2 amide bonds. The van der Waals surface area contributed by atoms with Gasteiger partial charge in [0.15, 0.2) is 0 Å². The minimum absolute atomic E-state index is 0.228. The summed E-state index contributed by atoms with van der Waals surface area (Å²) in [7, 11) is 1.92. The van der Waals surface area contributed by atoms with E-state index < -0.39 is 6.10 Å². The van der Waals surface area contributed by atoms with Crippen molar-refractivity contribution in [3.05, 3.63) is 52.8 Å². The lowest BCUT2D eigenvalue weighted by Gasteiger charge is -2.13. The van der Waals surface area contributed by atoms with Crippen LogP contribution in [-0.4, -0.2) is 40.1 Å². The molecule has 130 valence electrons. The zero-order chi connectivity index (χ0) is 17.5. The summed E-state index contributed by atoms with van der Waals surface area (Å²) in [5, 5.41) is 19.9. The summed E-state index contributed by atoms with van der Waals surface area (Å²) in [6, 6.07) is 9.47. The Morgan fingerprint density at radius 2 is 1.96 bits per heavy atom. The highest BCUT2D eigenvalue weighted by Gasteiger charge is 2.10. The summed E-state index contributed by atoms with van der Waals surface area (Å²) < 4.78 is 1.85. The highest BCUT2D eigenvalue weighted by atomic mass is 16.3. The molecule has 1 atom stereocenters. The summed E-state index contributed by atoms with van der Waals surface area (Å²) in [5.41, 5.74) is 4.33. The summed E-state index contributed by atoms with van der Waals surface area (Å²) in [5.74, 6) is 0. The van der Waals surface area contributed by atoms with Gasteiger partial charge in [-0.1, -0.05) is 30.3 Å². The third-order valence-electron chi connectivity index (χ3n) is 4.13. The number of rotatable bonds is 7. The molecule has 0 bridgehead atoms. The normalized spacial score (nSPS) is 12.0. The van der Waals surface area contributed by atoms with Crippen molar-refractivity contribution in [2.45, 2.75) is 32.8 Å². The van der Waals surface area contributed by atoms with Crippen molar-refractivity contribution in [3.8, 4) is 0 Å². The Hall–Kier alpha value is -2.34. The molecule has 3 N–H and O–H groups in total. The van der Waals surface area contributed by atoms with Crippen LogP contribution >= 0.6 is 0 Å². The minimum atomic E-state index is -0.596. The average Bonchev–Trinajstić information content (AvgIpc) is 2.80. The largest absolute Gasteiger partial charge is 0.391 e. The van der Waals surface area contributed by atoms with Crippen molar-refractivity contribution in [1.29, 1.82) is 0 Å². The van der Waals surface area contributed by atoms with Crippen LogP contribution in [0, 0.1) is 13.8 Å². The number of aliphatic hydroxyl groups is 1. The Morgan fingerprint density at radius 3 is 2.58 bits per heavy atom. The fraction of sp³-hybridized carbons (Fsp3) is 0.444.